The van der Waals surface area contributed by atoms with Gasteiger partial charge in [0.05, 0.1) is 13.2 Å². The summed E-state index contributed by atoms with van der Waals surface area (Å²) in [6.45, 7) is 3.70. The van der Waals surface area contributed by atoms with Crippen LogP contribution in [0.2, 0.25) is 0 Å². The van der Waals surface area contributed by atoms with Crippen LogP contribution in [0.1, 0.15) is 23.6 Å². The third-order valence-corrected chi connectivity index (χ3v) is 3.63. The van der Waals surface area contributed by atoms with Crippen LogP contribution in [0, 0.1) is 0 Å². The Morgan fingerprint density at radius 3 is 2.88 bits per heavy atom. The monoisotopic (exact) mass is 218 g/mol. The normalized spacial score (nSPS) is 24.6. The molecule has 3 heteroatoms. The largest absolute Gasteiger partial charge is 0.378 e. The summed E-state index contributed by atoms with van der Waals surface area (Å²) in [4.78, 5) is 2.40. The van der Waals surface area contributed by atoms with Crippen molar-refractivity contribution in [3.05, 3.63) is 29.3 Å². The maximum atomic E-state index is 6.04. The van der Waals surface area contributed by atoms with E-state index >= 15 is 0 Å². The van der Waals surface area contributed by atoms with Crippen LogP contribution < -0.4 is 10.6 Å². The minimum Gasteiger partial charge on any atom is -0.378 e. The number of aryl methyl sites for hydroxylation is 1. The van der Waals surface area contributed by atoms with Gasteiger partial charge in [0.2, 0.25) is 0 Å². The predicted octanol–water partition coefficient (Wildman–Crippen LogP) is 1.47. The Morgan fingerprint density at radius 1 is 1.25 bits per heavy atom. The van der Waals surface area contributed by atoms with Gasteiger partial charge in [-0.3, -0.25) is 0 Å². The first kappa shape index (κ1) is 10.1. The number of hydrogen-bond acceptors (Lipinski definition) is 3. The van der Waals surface area contributed by atoms with Gasteiger partial charge in [0, 0.05) is 24.8 Å². The lowest BCUT2D eigenvalue weighted by atomic mass is 10.1. The average molecular weight is 218 g/mol. The highest BCUT2D eigenvalue weighted by atomic mass is 16.5. The summed E-state index contributed by atoms with van der Waals surface area (Å²) >= 11 is 0. The van der Waals surface area contributed by atoms with E-state index in [2.05, 4.69) is 23.1 Å². The Labute approximate surface area is 96.2 Å². The molecule has 1 aliphatic carbocycles. The standard InChI is InChI=1S/C13H18N2O/c14-13-4-1-10-9-11(2-3-12(10)13)15-5-7-16-8-6-15/h2-3,9,13H,1,4-8,14H2. The number of fused-ring (bicyclic) bond motifs is 1. The van der Waals surface area contributed by atoms with Gasteiger partial charge in [0.1, 0.15) is 0 Å². The molecule has 1 unspecified atom stereocenters. The van der Waals surface area contributed by atoms with E-state index in [9.17, 15) is 0 Å². The van der Waals surface area contributed by atoms with Gasteiger partial charge in [-0.1, -0.05) is 6.07 Å². The van der Waals surface area contributed by atoms with Crippen molar-refractivity contribution in [1.29, 1.82) is 0 Å². The highest BCUT2D eigenvalue weighted by Crippen LogP contribution is 2.32. The van der Waals surface area contributed by atoms with Crippen molar-refractivity contribution in [3.8, 4) is 0 Å². The highest BCUT2D eigenvalue weighted by molar-refractivity contribution is 5.53. The maximum Gasteiger partial charge on any atom is 0.0642 e. The van der Waals surface area contributed by atoms with Crippen LogP contribution in [-0.2, 0) is 11.2 Å². The van der Waals surface area contributed by atoms with Crippen LogP contribution in [-0.4, -0.2) is 26.3 Å². The van der Waals surface area contributed by atoms with Gasteiger partial charge >= 0.3 is 0 Å². The number of ether oxygens (including phenoxy) is 1. The summed E-state index contributed by atoms with van der Waals surface area (Å²) in [5.41, 5.74) is 10.2. The highest BCUT2D eigenvalue weighted by Gasteiger charge is 2.20. The molecule has 1 aromatic carbocycles. The number of nitrogens with zero attached hydrogens (tertiary/aromatic N) is 1. The van der Waals surface area contributed by atoms with Crippen LogP contribution in [0.4, 0.5) is 5.69 Å². The quantitative estimate of drug-likeness (QED) is 0.775. The second kappa shape index (κ2) is 4.07. The summed E-state index contributed by atoms with van der Waals surface area (Å²) in [6.07, 6.45) is 2.23. The zero-order chi connectivity index (χ0) is 11.0. The predicted molar refractivity (Wildman–Crippen MR) is 64.7 cm³/mol. The fraction of sp³-hybridized carbons (Fsp3) is 0.538. The molecule has 0 amide bonds. The van der Waals surface area contributed by atoms with Crippen molar-refractivity contribution >= 4 is 5.69 Å². The maximum absolute atomic E-state index is 6.04. The summed E-state index contributed by atoms with van der Waals surface area (Å²) in [5, 5.41) is 0. The molecule has 86 valence electrons. The lowest BCUT2D eigenvalue weighted by molar-refractivity contribution is 0.122. The second-order valence-electron chi connectivity index (χ2n) is 4.63. The summed E-state index contributed by atoms with van der Waals surface area (Å²) < 4.78 is 5.37. The summed E-state index contributed by atoms with van der Waals surface area (Å²) in [5.74, 6) is 0. The lowest BCUT2D eigenvalue weighted by Crippen LogP contribution is -2.36. The van der Waals surface area contributed by atoms with Crippen molar-refractivity contribution < 1.29 is 4.74 Å². The Bertz CT molecular complexity index is 386. The number of anilines is 1. The molecular weight excluding hydrogens is 200 g/mol. The second-order valence-corrected chi connectivity index (χ2v) is 4.63. The van der Waals surface area contributed by atoms with Gasteiger partial charge in [-0.15, -0.1) is 0 Å². The molecular formula is C13H18N2O. The zero-order valence-corrected chi connectivity index (χ0v) is 9.48. The molecule has 0 spiro atoms. The number of morpholine rings is 1. The van der Waals surface area contributed by atoms with E-state index in [1.807, 2.05) is 0 Å². The minimum atomic E-state index is 0.258. The fourth-order valence-corrected chi connectivity index (χ4v) is 2.66. The molecule has 1 heterocycles. The Kier molecular flexibility index (Phi) is 2.58. The minimum absolute atomic E-state index is 0.258. The van der Waals surface area contributed by atoms with E-state index < -0.39 is 0 Å². The molecule has 0 radical (unpaired) electrons. The third kappa shape index (κ3) is 1.70. The van der Waals surface area contributed by atoms with E-state index in [0.717, 1.165) is 39.1 Å². The van der Waals surface area contributed by atoms with Crippen molar-refractivity contribution in [2.24, 2.45) is 5.73 Å². The van der Waals surface area contributed by atoms with E-state index in [1.165, 1.54) is 16.8 Å². The first-order chi connectivity index (χ1) is 7.84. The molecule has 1 atom stereocenters. The van der Waals surface area contributed by atoms with Gasteiger partial charge in [0.25, 0.3) is 0 Å². The van der Waals surface area contributed by atoms with E-state index in [0.29, 0.717) is 0 Å². The van der Waals surface area contributed by atoms with Crippen molar-refractivity contribution in [2.75, 3.05) is 31.2 Å². The van der Waals surface area contributed by atoms with Crippen LogP contribution in [0.3, 0.4) is 0 Å². The van der Waals surface area contributed by atoms with E-state index in [1.54, 1.807) is 0 Å². The number of benzene rings is 1. The Hall–Kier alpha value is -1.06. The van der Waals surface area contributed by atoms with Crippen molar-refractivity contribution in [1.82, 2.24) is 0 Å². The zero-order valence-electron chi connectivity index (χ0n) is 9.48. The molecule has 3 rings (SSSR count). The van der Waals surface area contributed by atoms with Gasteiger partial charge in [-0.05, 0) is 36.1 Å². The molecule has 1 saturated heterocycles. The van der Waals surface area contributed by atoms with Crippen LogP contribution >= 0.6 is 0 Å². The summed E-state index contributed by atoms with van der Waals surface area (Å²) in [6, 6.07) is 6.98. The number of rotatable bonds is 1. The Morgan fingerprint density at radius 2 is 2.06 bits per heavy atom. The number of nitrogens with two attached hydrogens (primary N) is 1. The van der Waals surface area contributed by atoms with Crippen molar-refractivity contribution in [2.45, 2.75) is 18.9 Å². The SMILES string of the molecule is NC1CCc2cc(N3CCOCC3)ccc21. The van der Waals surface area contributed by atoms with Gasteiger partial charge in [-0.25, -0.2) is 0 Å². The Balaban J connectivity index is 1.86. The van der Waals surface area contributed by atoms with Crippen LogP contribution in [0.15, 0.2) is 18.2 Å². The first-order valence-electron chi connectivity index (χ1n) is 6.06. The molecule has 16 heavy (non-hydrogen) atoms. The van der Waals surface area contributed by atoms with E-state index in [-0.39, 0.29) is 6.04 Å². The average Bonchev–Trinajstić information content (AvgIpc) is 2.72. The molecule has 1 aliphatic heterocycles. The van der Waals surface area contributed by atoms with Crippen molar-refractivity contribution in [3.63, 3.8) is 0 Å². The van der Waals surface area contributed by atoms with Gasteiger partial charge < -0.3 is 15.4 Å². The lowest BCUT2D eigenvalue weighted by Gasteiger charge is -2.29. The topological polar surface area (TPSA) is 38.5 Å². The smallest absolute Gasteiger partial charge is 0.0642 e. The number of hydrogen-bond donors (Lipinski definition) is 1. The molecule has 1 fully saturated rings. The molecule has 0 bridgehead atoms. The van der Waals surface area contributed by atoms with Gasteiger partial charge in [-0.2, -0.15) is 0 Å². The van der Waals surface area contributed by atoms with Gasteiger partial charge in [0.15, 0.2) is 0 Å². The summed E-state index contributed by atoms with van der Waals surface area (Å²) in [7, 11) is 0. The third-order valence-electron chi connectivity index (χ3n) is 3.63. The molecule has 2 N–H and O–H groups in total. The molecule has 1 aromatic rings. The molecule has 2 aliphatic rings. The molecule has 3 nitrogen and oxygen atoms in total. The fourth-order valence-electron chi connectivity index (χ4n) is 2.66. The van der Waals surface area contributed by atoms with Crippen LogP contribution in [0.5, 0.6) is 0 Å². The first-order valence-corrected chi connectivity index (χ1v) is 6.06. The molecule has 0 aromatic heterocycles. The van der Waals surface area contributed by atoms with E-state index in [4.69, 9.17) is 10.5 Å². The van der Waals surface area contributed by atoms with Crippen LogP contribution in [0.25, 0.3) is 0 Å². The molecule has 0 saturated carbocycles.